The molecule has 1 aromatic heterocycles. The Morgan fingerprint density at radius 3 is 2.15 bits per heavy atom. The Morgan fingerprint density at radius 1 is 0.900 bits per heavy atom. The maximum absolute atomic E-state index is 14.3. The van der Waals surface area contributed by atoms with Crippen molar-refractivity contribution in [2.24, 2.45) is 0 Å². The number of carbonyl (C=O) groups is 1. The van der Waals surface area contributed by atoms with E-state index < -0.39 is 23.1 Å². The lowest BCUT2D eigenvalue weighted by atomic mass is 9.92. The molecule has 208 valence electrons. The number of hydrogen-bond donors (Lipinski definition) is 2. The molecule has 0 amide bonds. The SMILES string of the molecule is O=C(c1ccc(OCCN2CCCCC2)cc1C(F)(F)F)c1c(-c2ccc(O)cc2)noc1-c1ccc(O)cc1. The van der Waals surface area contributed by atoms with E-state index in [1.165, 1.54) is 61.0 Å². The Kier molecular flexibility index (Phi) is 7.79. The Hall–Kier alpha value is -4.31. The van der Waals surface area contributed by atoms with Crippen molar-refractivity contribution in [2.45, 2.75) is 25.4 Å². The molecule has 1 aliphatic heterocycles. The van der Waals surface area contributed by atoms with Gasteiger partial charge in [-0.2, -0.15) is 13.2 Å². The van der Waals surface area contributed by atoms with E-state index in [0.717, 1.165) is 38.1 Å². The first-order valence-corrected chi connectivity index (χ1v) is 12.9. The maximum Gasteiger partial charge on any atom is 0.417 e. The summed E-state index contributed by atoms with van der Waals surface area (Å²) in [6, 6.07) is 14.7. The number of phenols is 2. The number of alkyl halides is 3. The predicted molar refractivity (Wildman–Crippen MR) is 141 cm³/mol. The van der Waals surface area contributed by atoms with Crippen LogP contribution in [-0.2, 0) is 6.18 Å². The van der Waals surface area contributed by atoms with Gasteiger partial charge >= 0.3 is 6.18 Å². The van der Waals surface area contributed by atoms with Crippen LogP contribution in [0.15, 0.2) is 71.3 Å². The van der Waals surface area contributed by atoms with Crippen LogP contribution in [-0.4, -0.2) is 52.3 Å². The molecule has 10 heteroatoms. The van der Waals surface area contributed by atoms with Crippen LogP contribution < -0.4 is 4.74 Å². The number of carbonyl (C=O) groups excluding carboxylic acids is 1. The van der Waals surface area contributed by atoms with E-state index >= 15 is 0 Å². The van der Waals surface area contributed by atoms with Crippen molar-refractivity contribution in [3.63, 3.8) is 0 Å². The van der Waals surface area contributed by atoms with Crippen LogP contribution in [0.25, 0.3) is 22.6 Å². The topological polar surface area (TPSA) is 96.0 Å². The molecule has 40 heavy (non-hydrogen) atoms. The summed E-state index contributed by atoms with van der Waals surface area (Å²) in [4.78, 5) is 16.1. The Morgan fingerprint density at radius 2 is 1.52 bits per heavy atom. The molecule has 7 nitrogen and oxygen atoms in total. The van der Waals surface area contributed by atoms with Crippen LogP contribution in [0, 0.1) is 0 Å². The second-order valence-corrected chi connectivity index (χ2v) is 9.61. The highest BCUT2D eigenvalue weighted by Crippen LogP contribution is 2.39. The molecule has 3 aromatic carbocycles. The molecule has 1 saturated heterocycles. The number of ether oxygens (including phenoxy) is 1. The van der Waals surface area contributed by atoms with Gasteiger partial charge in [0.25, 0.3) is 0 Å². The number of piperidine rings is 1. The lowest BCUT2D eigenvalue weighted by molar-refractivity contribution is -0.138. The van der Waals surface area contributed by atoms with Crippen molar-refractivity contribution in [1.29, 1.82) is 0 Å². The van der Waals surface area contributed by atoms with Crippen molar-refractivity contribution in [3.05, 3.63) is 83.4 Å². The Bertz CT molecular complexity index is 1410. The number of likely N-dealkylation sites (tertiary alicyclic amines) is 1. The minimum Gasteiger partial charge on any atom is -0.508 e. The molecule has 0 bridgehead atoms. The van der Waals surface area contributed by atoms with Crippen LogP contribution in [0.3, 0.4) is 0 Å². The van der Waals surface area contributed by atoms with E-state index in [1.807, 2.05) is 0 Å². The number of rotatable bonds is 8. The van der Waals surface area contributed by atoms with Crippen LogP contribution in [0.4, 0.5) is 13.2 Å². The summed E-state index contributed by atoms with van der Waals surface area (Å²) in [5.74, 6) is -1.05. The normalized spacial score (nSPS) is 14.3. The zero-order valence-electron chi connectivity index (χ0n) is 21.4. The number of phenolic OH excluding ortho intramolecular Hbond substituents is 2. The van der Waals surface area contributed by atoms with E-state index in [9.17, 15) is 28.2 Å². The highest BCUT2D eigenvalue weighted by Gasteiger charge is 2.38. The summed E-state index contributed by atoms with van der Waals surface area (Å²) in [5, 5.41) is 23.4. The second-order valence-electron chi connectivity index (χ2n) is 9.61. The number of ketones is 1. The van der Waals surface area contributed by atoms with Crippen LogP contribution in [0.2, 0.25) is 0 Å². The van der Waals surface area contributed by atoms with Gasteiger partial charge in [-0.1, -0.05) is 11.6 Å². The van der Waals surface area contributed by atoms with Gasteiger partial charge in [0.2, 0.25) is 0 Å². The first-order chi connectivity index (χ1) is 19.2. The van der Waals surface area contributed by atoms with Crippen molar-refractivity contribution in [3.8, 4) is 39.8 Å². The molecule has 1 aliphatic rings. The van der Waals surface area contributed by atoms with Crippen LogP contribution in [0.1, 0.15) is 40.7 Å². The third-order valence-electron chi connectivity index (χ3n) is 6.86. The summed E-state index contributed by atoms with van der Waals surface area (Å²) in [7, 11) is 0. The van der Waals surface area contributed by atoms with E-state index in [1.54, 1.807) is 0 Å². The van der Waals surface area contributed by atoms with Crippen molar-refractivity contribution in [1.82, 2.24) is 10.1 Å². The Labute approximate surface area is 228 Å². The van der Waals surface area contributed by atoms with Gasteiger partial charge in [-0.05, 0) is 92.7 Å². The highest BCUT2D eigenvalue weighted by molar-refractivity contribution is 6.16. The number of nitrogens with zero attached hydrogens (tertiary/aromatic N) is 2. The standard InChI is InChI=1S/C30H27F3N2O5/c31-30(32,33)25-18-23(39-17-16-35-14-2-1-3-15-35)12-13-24(25)28(38)26-27(19-4-8-21(36)9-5-19)34-40-29(26)20-6-10-22(37)11-7-20/h4-13,18,36-37H,1-3,14-17H2. The van der Waals surface area contributed by atoms with Gasteiger partial charge in [0, 0.05) is 23.2 Å². The van der Waals surface area contributed by atoms with Gasteiger partial charge in [-0.25, -0.2) is 0 Å². The zero-order valence-corrected chi connectivity index (χ0v) is 21.4. The van der Waals surface area contributed by atoms with E-state index in [4.69, 9.17) is 9.26 Å². The van der Waals surface area contributed by atoms with E-state index in [2.05, 4.69) is 10.1 Å². The monoisotopic (exact) mass is 552 g/mol. The summed E-state index contributed by atoms with van der Waals surface area (Å²) < 4.78 is 53.9. The molecule has 5 rings (SSSR count). The fraction of sp³-hybridized carbons (Fsp3) is 0.267. The summed E-state index contributed by atoms with van der Waals surface area (Å²) in [6.07, 6.45) is -1.48. The second kappa shape index (κ2) is 11.4. The molecule has 2 heterocycles. The molecule has 1 fully saturated rings. The molecular formula is C30H27F3N2O5. The van der Waals surface area contributed by atoms with Crippen LogP contribution >= 0.6 is 0 Å². The molecule has 0 unspecified atom stereocenters. The molecule has 0 radical (unpaired) electrons. The fourth-order valence-electron chi connectivity index (χ4n) is 4.78. The Balaban J connectivity index is 1.52. The minimum atomic E-state index is -4.84. The van der Waals surface area contributed by atoms with Crippen LogP contribution in [0.5, 0.6) is 17.2 Å². The molecule has 4 aromatic rings. The van der Waals surface area contributed by atoms with Crippen molar-refractivity contribution >= 4 is 5.78 Å². The molecule has 0 spiro atoms. The van der Waals surface area contributed by atoms with Gasteiger partial charge in [-0.15, -0.1) is 0 Å². The van der Waals surface area contributed by atoms with Gasteiger partial charge in [0.15, 0.2) is 11.5 Å². The molecule has 2 N–H and O–H groups in total. The number of hydrogen-bond acceptors (Lipinski definition) is 7. The predicted octanol–water partition coefficient (Wildman–Crippen LogP) is 6.53. The quantitative estimate of drug-likeness (QED) is 0.240. The fourth-order valence-corrected chi connectivity index (χ4v) is 4.78. The highest BCUT2D eigenvalue weighted by atomic mass is 19.4. The number of aromatic hydroxyl groups is 2. The zero-order chi connectivity index (χ0) is 28.3. The van der Waals surface area contributed by atoms with Gasteiger partial charge in [-0.3, -0.25) is 9.69 Å². The van der Waals surface area contributed by atoms with E-state index in [0.29, 0.717) is 17.7 Å². The van der Waals surface area contributed by atoms with Crippen molar-refractivity contribution in [2.75, 3.05) is 26.2 Å². The van der Waals surface area contributed by atoms with E-state index in [-0.39, 0.29) is 40.9 Å². The van der Waals surface area contributed by atoms with Gasteiger partial charge in [0.05, 0.1) is 11.1 Å². The number of benzene rings is 3. The summed E-state index contributed by atoms with van der Waals surface area (Å²) in [6.45, 7) is 2.72. The largest absolute Gasteiger partial charge is 0.508 e. The lowest BCUT2D eigenvalue weighted by Crippen LogP contribution is -2.33. The molecule has 0 aliphatic carbocycles. The average Bonchev–Trinajstić information content (AvgIpc) is 3.39. The first kappa shape index (κ1) is 27.3. The van der Waals surface area contributed by atoms with Gasteiger partial charge in [0.1, 0.15) is 29.5 Å². The van der Waals surface area contributed by atoms with Crippen molar-refractivity contribution < 1.29 is 37.4 Å². The number of halogens is 3. The molecular weight excluding hydrogens is 525 g/mol. The minimum absolute atomic E-state index is 0.0167. The summed E-state index contributed by atoms with van der Waals surface area (Å²) >= 11 is 0. The number of aromatic nitrogens is 1. The van der Waals surface area contributed by atoms with Gasteiger partial charge < -0.3 is 19.5 Å². The lowest BCUT2D eigenvalue weighted by Gasteiger charge is -2.26. The maximum atomic E-state index is 14.3. The molecule has 0 saturated carbocycles. The smallest absolute Gasteiger partial charge is 0.417 e. The molecule has 0 atom stereocenters. The third kappa shape index (κ3) is 5.96. The summed E-state index contributed by atoms with van der Waals surface area (Å²) in [5.41, 5.74) is -1.18. The third-order valence-corrected chi connectivity index (χ3v) is 6.86. The first-order valence-electron chi connectivity index (χ1n) is 12.9. The average molecular weight is 553 g/mol.